The smallest absolute Gasteiger partial charge is 0.0994 e. The molecule has 0 aromatic rings. The first kappa shape index (κ1) is 6.73. The Bertz CT molecular complexity index is 30.0. The lowest BCUT2D eigenvalue weighted by Gasteiger charge is -1.91. The first-order valence-electron chi connectivity index (χ1n) is 1.59. The Balaban J connectivity index is 2.75. The van der Waals surface area contributed by atoms with E-state index in [0.29, 0.717) is 5.33 Å². The van der Waals surface area contributed by atoms with E-state index in [1.54, 1.807) is 0 Å². The highest BCUT2D eigenvalue weighted by atomic mass is 79.9. The van der Waals surface area contributed by atoms with Gasteiger partial charge in [-0.2, -0.15) is 0 Å². The highest BCUT2D eigenvalue weighted by Gasteiger charge is 1.96. The summed E-state index contributed by atoms with van der Waals surface area (Å²) in [5, 5.41) is 10.1. The lowest BCUT2D eigenvalue weighted by Crippen LogP contribution is -2.02. The van der Waals surface area contributed by atoms with E-state index in [2.05, 4.69) is 15.9 Å². The summed E-state index contributed by atoms with van der Waals surface area (Å²) in [6.45, 7) is -0.202. The van der Waals surface area contributed by atoms with Gasteiger partial charge in [0.05, 0.1) is 12.0 Å². The monoisotopic (exact) mass is 171 g/mol. The van der Waals surface area contributed by atoms with Crippen molar-refractivity contribution in [3.05, 3.63) is 0 Å². The maximum absolute atomic E-state index is 9.70. The predicted octanol–water partition coefficient (Wildman–Crippen LogP) is 1.42. The fourth-order valence-electron chi connectivity index (χ4n) is 0.0445. The number of rotatable bonds is 2. The molecule has 1 nitrogen and oxygen atoms in total. The topological polar surface area (TPSA) is 19.9 Å². The lowest BCUT2D eigenvalue weighted by atomic mass is 10.5. The van der Waals surface area contributed by atoms with Gasteiger partial charge >= 0.3 is 0 Å². The molecule has 1 radical (unpaired) electrons. The Morgan fingerprint density at radius 1 is 1.83 bits per heavy atom. The van der Waals surface area contributed by atoms with Crippen LogP contribution in [-0.4, -0.2) is 17.3 Å². The van der Waals surface area contributed by atoms with Gasteiger partial charge in [0, 0.05) is 5.33 Å². The molecule has 0 aromatic heterocycles. The summed E-state index contributed by atoms with van der Waals surface area (Å²) in [5.41, 5.74) is 0. The van der Waals surface area contributed by atoms with E-state index in [0.717, 1.165) is 0 Å². The van der Waals surface area contributed by atoms with Crippen molar-refractivity contribution in [2.45, 2.75) is 5.38 Å². The van der Waals surface area contributed by atoms with Crippen LogP contribution in [-0.2, 0) is 5.11 Å². The van der Waals surface area contributed by atoms with E-state index < -0.39 is 0 Å². The quantitative estimate of drug-likeness (QED) is 0.562. The second kappa shape index (κ2) is 3.90. The Kier molecular flexibility index (Phi) is 4.38. The molecule has 0 aliphatic carbocycles. The van der Waals surface area contributed by atoms with Gasteiger partial charge in [0.25, 0.3) is 0 Å². The molecule has 0 saturated carbocycles. The summed E-state index contributed by atoms with van der Waals surface area (Å²) in [6, 6.07) is 0. The van der Waals surface area contributed by atoms with Crippen molar-refractivity contribution in [3.8, 4) is 0 Å². The largest absolute Gasteiger partial charge is 0.235 e. The molecule has 0 bridgehead atoms. The van der Waals surface area contributed by atoms with Gasteiger partial charge in [-0.3, -0.25) is 0 Å². The van der Waals surface area contributed by atoms with Gasteiger partial charge in [-0.05, 0) is 0 Å². The van der Waals surface area contributed by atoms with Crippen molar-refractivity contribution < 1.29 is 5.11 Å². The third kappa shape index (κ3) is 2.94. The molecule has 1 unspecified atom stereocenters. The van der Waals surface area contributed by atoms with Crippen LogP contribution in [0.25, 0.3) is 0 Å². The standard InChI is InChI=1S/C3H5BrClO/c4-1-3(5)2-6/h3H,1-2H2. The second-order valence-corrected chi connectivity index (χ2v) is 2.18. The van der Waals surface area contributed by atoms with Crippen LogP contribution in [0.15, 0.2) is 0 Å². The van der Waals surface area contributed by atoms with Crippen molar-refractivity contribution in [2.75, 3.05) is 11.9 Å². The molecule has 0 spiro atoms. The highest BCUT2D eigenvalue weighted by Crippen LogP contribution is 1.96. The molecular formula is C3H5BrClO. The summed E-state index contributed by atoms with van der Waals surface area (Å²) in [6.07, 6.45) is 0. The average molecular weight is 172 g/mol. The van der Waals surface area contributed by atoms with Crippen LogP contribution in [0.1, 0.15) is 0 Å². The van der Waals surface area contributed by atoms with Crippen LogP contribution in [0.2, 0.25) is 0 Å². The van der Waals surface area contributed by atoms with E-state index in [1.807, 2.05) is 0 Å². The fraction of sp³-hybridized carbons (Fsp3) is 1.00. The van der Waals surface area contributed by atoms with Crippen LogP contribution >= 0.6 is 27.5 Å². The molecule has 0 fully saturated rings. The van der Waals surface area contributed by atoms with E-state index >= 15 is 0 Å². The summed E-state index contributed by atoms with van der Waals surface area (Å²) in [5.74, 6) is 0. The molecule has 0 rings (SSSR count). The number of alkyl halides is 2. The molecule has 0 saturated heterocycles. The third-order valence-corrected chi connectivity index (χ3v) is 1.78. The number of halogens is 2. The number of hydrogen-bond acceptors (Lipinski definition) is 0. The summed E-state index contributed by atoms with van der Waals surface area (Å²) in [7, 11) is 0. The Hall–Kier alpha value is 0.730. The fourth-order valence-corrected chi connectivity index (χ4v) is 0.231. The van der Waals surface area contributed by atoms with E-state index in [1.165, 1.54) is 0 Å². The van der Waals surface area contributed by atoms with Crippen molar-refractivity contribution in [3.63, 3.8) is 0 Å². The van der Waals surface area contributed by atoms with Crippen LogP contribution in [0.5, 0.6) is 0 Å². The molecule has 3 heteroatoms. The van der Waals surface area contributed by atoms with Gasteiger partial charge in [0.2, 0.25) is 0 Å². The summed E-state index contributed by atoms with van der Waals surface area (Å²) < 4.78 is 0. The van der Waals surface area contributed by atoms with Crippen LogP contribution in [0.3, 0.4) is 0 Å². The third-order valence-electron chi connectivity index (χ3n) is 0.348. The van der Waals surface area contributed by atoms with Gasteiger partial charge < -0.3 is 0 Å². The molecule has 0 aromatic carbocycles. The first-order valence-corrected chi connectivity index (χ1v) is 3.15. The predicted molar refractivity (Wildman–Crippen MR) is 29.0 cm³/mol. The van der Waals surface area contributed by atoms with Gasteiger partial charge in [-0.1, -0.05) is 15.9 Å². The van der Waals surface area contributed by atoms with E-state index in [4.69, 9.17) is 11.6 Å². The maximum atomic E-state index is 9.70. The molecule has 0 aliphatic heterocycles. The Labute approximate surface area is 50.4 Å². The molecular weight excluding hydrogens is 167 g/mol. The van der Waals surface area contributed by atoms with Crippen molar-refractivity contribution in [1.29, 1.82) is 0 Å². The molecule has 0 amide bonds. The van der Waals surface area contributed by atoms with Crippen LogP contribution in [0.4, 0.5) is 0 Å². The van der Waals surface area contributed by atoms with E-state index in [-0.39, 0.29) is 12.0 Å². The van der Waals surface area contributed by atoms with Crippen molar-refractivity contribution in [1.82, 2.24) is 0 Å². The zero-order valence-corrected chi connectivity index (χ0v) is 5.50. The molecule has 0 heterocycles. The van der Waals surface area contributed by atoms with Gasteiger partial charge in [0.1, 0.15) is 0 Å². The van der Waals surface area contributed by atoms with Gasteiger partial charge in [0.15, 0.2) is 0 Å². The lowest BCUT2D eigenvalue weighted by molar-refractivity contribution is 0.197. The highest BCUT2D eigenvalue weighted by molar-refractivity contribution is 9.09. The molecule has 37 valence electrons. The summed E-state index contributed by atoms with van der Waals surface area (Å²) >= 11 is 8.33. The maximum Gasteiger partial charge on any atom is 0.0994 e. The zero-order chi connectivity index (χ0) is 4.99. The Morgan fingerprint density at radius 2 is 2.33 bits per heavy atom. The normalized spacial score (nSPS) is 14.5. The SMILES string of the molecule is [O]CC(Cl)CBr. The Morgan fingerprint density at radius 3 is 2.33 bits per heavy atom. The molecule has 1 atom stereocenters. The minimum Gasteiger partial charge on any atom is -0.235 e. The molecule has 0 aliphatic rings. The minimum atomic E-state index is -0.231. The van der Waals surface area contributed by atoms with Gasteiger partial charge in [-0.25, -0.2) is 5.11 Å². The zero-order valence-electron chi connectivity index (χ0n) is 3.16. The molecule has 0 N–H and O–H groups in total. The second-order valence-electron chi connectivity index (χ2n) is 0.918. The first-order chi connectivity index (χ1) is 2.81. The van der Waals surface area contributed by atoms with E-state index in [9.17, 15) is 5.11 Å². The van der Waals surface area contributed by atoms with Crippen molar-refractivity contribution >= 4 is 27.5 Å². The van der Waals surface area contributed by atoms with Crippen LogP contribution in [0, 0.1) is 0 Å². The number of hydrogen-bond donors (Lipinski definition) is 0. The van der Waals surface area contributed by atoms with Crippen molar-refractivity contribution in [2.24, 2.45) is 0 Å². The average Bonchev–Trinajstić information content (AvgIpc) is 1.65. The summed E-state index contributed by atoms with van der Waals surface area (Å²) in [4.78, 5) is 0. The molecule has 6 heavy (non-hydrogen) atoms. The minimum absolute atomic E-state index is 0.202. The van der Waals surface area contributed by atoms with Gasteiger partial charge in [-0.15, -0.1) is 11.6 Å². The van der Waals surface area contributed by atoms with Crippen LogP contribution < -0.4 is 0 Å².